The van der Waals surface area contributed by atoms with Crippen LogP contribution in [0, 0.1) is 6.92 Å². The van der Waals surface area contributed by atoms with Crippen LogP contribution < -0.4 is 5.32 Å². The van der Waals surface area contributed by atoms with E-state index in [4.69, 9.17) is 4.42 Å². The van der Waals surface area contributed by atoms with Crippen LogP contribution in [0.1, 0.15) is 41.3 Å². The van der Waals surface area contributed by atoms with Gasteiger partial charge in [-0.3, -0.25) is 0 Å². The minimum absolute atomic E-state index is 0.0105. The Labute approximate surface area is 121 Å². The molecule has 1 aliphatic rings. The van der Waals surface area contributed by atoms with Gasteiger partial charge in [0.05, 0.1) is 17.9 Å². The average Bonchev–Trinajstić information content (AvgIpc) is 2.89. The number of benzene rings is 1. The summed E-state index contributed by atoms with van der Waals surface area (Å²) in [6, 6.07) is 6.29. The fourth-order valence-electron chi connectivity index (χ4n) is 2.85. The zero-order valence-corrected chi connectivity index (χ0v) is 11.6. The van der Waals surface area contributed by atoms with Crippen molar-refractivity contribution in [1.82, 2.24) is 0 Å². The minimum Gasteiger partial charge on any atom is -0.469 e. The van der Waals surface area contributed by atoms with Crippen LogP contribution >= 0.6 is 0 Å². The Morgan fingerprint density at radius 1 is 1.24 bits per heavy atom. The highest BCUT2D eigenvalue weighted by Crippen LogP contribution is 2.36. The molecule has 1 unspecified atom stereocenters. The lowest BCUT2D eigenvalue weighted by Gasteiger charge is -2.24. The van der Waals surface area contributed by atoms with E-state index in [0.29, 0.717) is 5.69 Å². The van der Waals surface area contributed by atoms with Crippen molar-refractivity contribution in [2.75, 3.05) is 5.32 Å². The first-order valence-corrected chi connectivity index (χ1v) is 6.96. The van der Waals surface area contributed by atoms with Crippen molar-refractivity contribution in [2.24, 2.45) is 0 Å². The van der Waals surface area contributed by atoms with E-state index in [1.807, 2.05) is 6.07 Å². The first-order chi connectivity index (χ1) is 9.95. The molecule has 0 saturated heterocycles. The Morgan fingerprint density at radius 2 is 2.05 bits per heavy atom. The number of alkyl halides is 3. The molecule has 112 valence electrons. The van der Waals surface area contributed by atoms with Crippen molar-refractivity contribution < 1.29 is 17.6 Å². The Hall–Kier alpha value is -1.91. The molecule has 0 radical (unpaired) electrons. The predicted molar refractivity (Wildman–Crippen MR) is 74.2 cm³/mol. The molecule has 1 aliphatic carbocycles. The van der Waals surface area contributed by atoms with Crippen LogP contribution in [-0.4, -0.2) is 0 Å². The van der Waals surface area contributed by atoms with Gasteiger partial charge in [-0.1, -0.05) is 6.07 Å². The molecule has 2 aromatic rings. The molecule has 2 nitrogen and oxygen atoms in total. The second-order valence-electron chi connectivity index (χ2n) is 5.42. The van der Waals surface area contributed by atoms with E-state index in [-0.39, 0.29) is 11.6 Å². The molecule has 0 saturated carbocycles. The third-order valence-corrected chi connectivity index (χ3v) is 3.94. The molecule has 1 N–H and O–H groups in total. The first-order valence-electron chi connectivity index (χ1n) is 6.96. The fraction of sp³-hybridized carbons (Fsp3) is 0.375. The molecule has 3 rings (SSSR count). The average molecular weight is 295 g/mol. The van der Waals surface area contributed by atoms with Gasteiger partial charge in [-0.2, -0.15) is 13.2 Å². The summed E-state index contributed by atoms with van der Waals surface area (Å²) in [5.74, 6) is 0.932. The van der Waals surface area contributed by atoms with Crippen LogP contribution in [0.2, 0.25) is 0 Å². The molecule has 0 spiro atoms. The number of hydrogen-bond acceptors (Lipinski definition) is 2. The van der Waals surface area contributed by atoms with Gasteiger partial charge in [0.15, 0.2) is 0 Å². The zero-order chi connectivity index (χ0) is 15.0. The van der Waals surface area contributed by atoms with Gasteiger partial charge in [-0.25, -0.2) is 0 Å². The Balaban J connectivity index is 1.87. The number of rotatable bonds is 2. The Kier molecular flexibility index (Phi) is 3.43. The topological polar surface area (TPSA) is 25.2 Å². The second-order valence-corrected chi connectivity index (χ2v) is 5.42. The van der Waals surface area contributed by atoms with E-state index >= 15 is 0 Å². The molecular weight excluding hydrogens is 279 g/mol. The number of anilines is 1. The molecule has 0 aliphatic heterocycles. The number of furan rings is 1. The third kappa shape index (κ3) is 2.77. The molecule has 1 aromatic heterocycles. The van der Waals surface area contributed by atoms with E-state index in [9.17, 15) is 13.2 Å². The lowest BCUT2D eigenvalue weighted by atomic mass is 9.93. The number of fused-ring (bicyclic) bond motifs is 1. The summed E-state index contributed by atoms with van der Waals surface area (Å²) in [5, 5.41) is 3.20. The van der Waals surface area contributed by atoms with Crippen molar-refractivity contribution in [3.05, 3.63) is 53.0 Å². The summed E-state index contributed by atoms with van der Waals surface area (Å²) >= 11 is 0. The molecule has 1 aromatic carbocycles. The maximum Gasteiger partial charge on any atom is 0.416 e. The summed E-state index contributed by atoms with van der Waals surface area (Å²) in [7, 11) is 0. The van der Waals surface area contributed by atoms with Crippen LogP contribution in [0.25, 0.3) is 0 Å². The number of hydrogen-bond donors (Lipinski definition) is 1. The van der Waals surface area contributed by atoms with Gasteiger partial charge in [0.2, 0.25) is 0 Å². The molecule has 1 atom stereocenters. The maximum absolute atomic E-state index is 13.0. The second kappa shape index (κ2) is 5.13. The molecule has 0 bridgehead atoms. The van der Waals surface area contributed by atoms with Gasteiger partial charge >= 0.3 is 6.18 Å². The van der Waals surface area contributed by atoms with E-state index in [1.54, 1.807) is 12.3 Å². The van der Waals surface area contributed by atoms with E-state index < -0.39 is 11.7 Å². The standard InChI is InChI=1S/C16H16F3NO/c1-10-5-6-11(9-13(10)16(17,18)19)20-14-3-2-4-15-12(14)7-8-21-15/h5-9,14,20H,2-4H2,1H3. The number of aryl methyl sites for hydroxylation is 2. The van der Waals surface area contributed by atoms with Gasteiger partial charge in [-0.15, -0.1) is 0 Å². The molecule has 21 heavy (non-hydrogen) atoms. The molecule has 5 heteroatoms. The van der Waals surface area contributed by atoms with Crippen molar-refractivity contribution in [2.45, 2.75) is 38.4 Å². The van der Waals surface area contributed by atoms with Gasteiger partial charge < -0.3 is 9.73 Å². The largest absolute Gasteiger partial charge is 0.469 e. The first kappa shape index (κ1) is 14.0. The molecule has 0 amide bonds. The Bertz CT molecular complexity index is 645. The van der Waals surface area contributed by atoms with Crippen molar-refractivity contribution >= 4 is 5.69 Å². The summed E-state index contributed by atoms with van der Waals surface area (Å²) in [6.45, 7) is 1.47. The van der Waals surface area contributed by atoms with Crippen molar-refractivity contribution in [3.8, 4) is 0 Å². The van der Waals surface area contributed by atoms with Crippen molar-refractivity contribution in [1.29, 1.82) is 0 Å². The van der Waals surface area contributed by atoms with Gasteiger partial charge in [0.25, 0.3) is 0 Å². The highest BCUT2D eigenvalue weighted by molar-refractivity contribution is 5.51. The number of nitrogens with one attached hydrogen (secondary N) is 1. The van der Waals surface area contributed by atoms with Crippen LogP contribution in [0.3, 0.4) is 0 Å². The SMILES string of the molecule is Cc1ccc(NC2CCCc3occc32)cc1C(F)(F)F. The lowest BCUT2D eigenvalue weighted by Crippen LogP contribution is -2.16. The van der Waals surface area contributed by atoms with Crippen LogP contribution in [0.5, 0.6) is 0 Å². The normalized spacial score (nSPS) is 18.4. The molecule has 1 heterocycles. The maximum atomic E-state index is 13.0. The molecular formula is C16H16F3NO. The molecule has 0 fully saturated rings. The summed E-state index contributed by atoms with van der Waals surface area (Å²) < 4.78 is 44.3. The summed E-state index contributed by atoms with van der Waals surface area (Å²) in [4.78, 5) is 0. The monoisotopic (exact) mass is 295 g/mol. The van der Waals surface area contributed by atoms with E-state index in [2.05, 4.69) is 5.32 Å². The van der Waals surface area contributed by atoms with Crippen molar-refractivity contribution in [3.63, 3.8) is 0 Å². The van der Waals surface area contributed by atoms with E-state index in [1.165, 1.54) is 19.1 Å². The fourth-order valence-corrected chi connectivity index (χ4v) is 2.85. The summed E-state index contributed by atoms with van der Waals surface area (Å²) in [5.41, 5.74) is 1.19. The highest BCUT2D eigenvalue weighted by atomic mass is 19.4. The predicted octanol–water partition coefficient (Wildman–Crippen LogP) is 5.10. The van der Waals surface area contributed by atoms with Crippen LogP contribution in [0.15, 0.2) is 34.9 Å². The highest BCUT2D eigenvalue weighted by Gasteiger charge is 2.32. The Morgan fingerprint density at radius 3 is 2.81 bits per heavy atom. The number of halogens is 3. The third-order valence-electron chi connectivity index (χ3n) is 3.94. The van der Waals surface area contributed by atoms with Gasteiger partial charge in [-0.05, 0) is 43.5 Å². The lowest BCUT2D eigenvalue weighted by molar-refractivity contribution is -0.138. The minimum atomic E-state index is -4.32. The quantitative estimate of drug-likeness (QED) is 0.834. The summed E-state index contributed by atoms with van der Waals surface area (Å²) in [6.07, 6.45) is 0.0657. The van der Waals surface area contributed by atoms with E-state index in [0.717, 1.165) is 30.6 Å². The van der Waals surface area contributed by atoms with Crippen LogP contribution in [-0.2, 0) is 12.6 Å². The van der Waals surface area contributed by atoms with Crippen LogP contribution in [0.4, 0.5) is 18.9 Å². The van der Waals surface area contributed by atoms with Gasteiger partial charge in [0, 0.05) is 17.7 Å². The van der Waals surface area contributed by atoms with Gasteiger partial charge in [0.1, 0.15) is 5.76 Å². The smallest absolute Gasteiger partial charge is 0.416 e. The zero-order valence-electron chi connectivity index (χ0n) is 11.6.